The molecule has 0 spiro atoms. The molecule has 0 fully saturated rings. The Morgan fingerprint density at radius 2 is 1.42 bits per heavy atom. The second kappa shape index (κ2) is 11.9. The molecule has 0 aliphatic rings. The molecule has 0 bridgehead atoms. The molecule has 2 atom stereocenters. The standard InChI is InChI=1S/C24H33NO5S/c1-5-6-19(2)24(15-16-26)31(27,28)25(17-20-7-11-22(29-3)12-8-20)18-21-9-13-23(30-4)14-10-21/h5,7-14,19,24,26H,1,6,15-18H2,2-4H3/t19-,24?/m1/s1. The van der Waals surface area contributed by atoms with Crippen molar-refractivity contribution in [1.29, 1.82) is 0 Å². The maximum Gasteiger partial charge on any atom is 0.217 e. The molecule has 2 rings (SSSR count). The van der Waals surface area contributed by atoms with Gasteiger partial charge in [0.15, 0.2) is 0 Å². The van der Waals surface area contributed by atoms with Gasteiger partial charge in [-0.3, -0.25) is 0 Å². The summed E-state index contributed by atoms with van der Waals surface area (Å²) in [5, 5.41) is 8.86. The van der Waals surface area contributed by atoms with Crippen molar-refractivity contribution in [2.45, 2.75) is 38.1 Å². The number of allylic oxidation sites excluding steroid dienone is 1. The van der Waals surface area contributed by atoms with E-state index in [0.717, 1.165) is 11.1 Å². The lowest BCUT2D eigenvalue weighted by atomic mass is 10.0. The predicted molar refractivity (Wildman–Crippen MR) is 124 cm³/mol. The minimum atomic E-state index is -3.71. The number of hydrogen-bond acceptors (Lipinski definition) is 5. The molecule has 7 heteroatoms. The summed E-state index contributed by atoms with van der Waals surface area (Å²) in [6.45, 7) is 5.89. The van der Waals surface area contributed by atoms with Gasteiger partial charge in [0.05, 0.1) is 19.5 Å². The van der Waals surface area contributed by atoms with Gasteiger partial charge in [0, 0.05) is 19.7 Å². The van der Waals surface area contributed by atoms with Gasteiger partial charge in [-0.15, -0.1) is 6.58 Å². The largest absolute Gasteiger partial charge is 0.497 e. The van der Waals surface area contributed by atoms with Crippen molar-refractivity contribution < 1.29 is 23.0 Å². The Morgan fingerprint density at radius 3 is 1.77 bits per heavy atom. The van der Waals surface area contributed by atoms with Crippen molar-refractivity contribution in [2.75, 3.05) is 20.8 Å². The average Bonchev–Trinajstić information content (AvgIpc) is 2.78. The molecule has 2 aromatic rings. The van der Waals surface area contributed by atoms with Crippen molar-refractivity contribution in [2.24, 2.45) is 5.92 Å². The molecule has 0 aliphatic heterocycles. The first-order valence-electron chi connectivity index (χ1n) is 10.3. The maximum absolute atomic E-state index is 13.7. The number of benzene rings is 2. The van der Waals surface area contributed by atoms with Crippen molar-refractivity contribution in [3.63, 3.8) is 0 Å². The van der Waals surface area contributed by atoms with Crippen molar-refractivity contribution in [3.05, 3.63) is 72.3 Å². The van der Waals surface area contributed by atoms with Crippen LogP contribution in [0.2, 0.25) is 0 Å². The van der Waals surface area contributed by atoms with Crippen molar-refractivity contribution >= 4 is 10.0 Å². The first-order valence-corrected chi connectivity index (χ1v) is 11.8. The lowest BCUT2D eigenvalue weighted by Crippen LogP contribution is -2.41. The zero-order valence-corrected chi connectivity index (χ0v) is 19.3. The molecule has 0 radical (unpaired) electrons. The number of nitrogens with zero attached hydrogens (tertiary/aromatic N) is 1. The lowest BCUT2D eigenvalue weighted by Gasteiger charge is -2.30. The van der Waals surface area contributed by atoms with Crippen LogP contribution in [0.1, 0.15) is 30.9 Å². The summed E-state index contributed by atoms with van der Waals surface area (Å²) in [4.78, 5) is 0. The fourth-order valence-corrected chi connectivity index (χ4v) is 5.71. The average molecular weight is 448 g/mol. The van der Waals surface area contributed by atoms with Crippen LogP contribution in [0, 0.1) is 5.92 Å². The molecular formula is C24H33NO5S. The minimum Gasteiger partial charge on any atom is -0.497 e. The van der Waals surface area contributed by atoms with E-state index in [9.17, 15) is 13.5 Å². The molecule has 0 saturated heterocycles. The SMILES string of the molecule is C=CC[C@@H](C)C(CCO)S(=O)(=O)N(Cc1ccc(OC)cc1)Cc1ccc(OC)cc1. The second-order valence-corrected chi connectivity index (χ2v) is 9.71. The molecule has 31 heavy (non-hydrogen) atoms. The van der Waals surface area contributed by atoms with Crippen LogP contribution in [-0.2, 0) is 23.1 Å². The summed E-state index contributed by atoms with van der Waals surface area (Å²) < 4.78 is 39.4. The molecule has 0 aliphatic carbocycles. The summed E-state index contributed by atoms with van der Waals surface area (Å²) >= 11 is 0. The smallest absolute Gasteiger partial charge is 0.217 e. The van der Waals surface area contributed by atoms with Gasteiger partial charge in [-0.05, 0) is 54.2 Å². The van der Waals surface area contributed by atoms with Gasteiger partial charge in [0.2, 0.25) is 10.0 Å². The Morgan fingerprint density at radius 1 is 0.968 bits per heavy atom. The minimum absolute atomic E-state index is 0.163. The van der Waals surface area contributed by atoms with Gasteiger partial charge in [-0.25, -0.2) is 8.42 Å². The fourth-order valence-electron chi connectivity index (χ4n) is 3.57. The number of methoxy groups -OCH3 is 2. The Kier molecular flexibility index (Phi) is 9.55. The van der Waals surface area contributed by atoms with E-state index in [1.165, 1.54) is 4.31 Å². The number of rotatable bonds is 13. The number of hydrogen-bond donors (Lipinski definition) is 1. The van der Waals surface area contributed by atoms with E-state index in [4.69, 9.17) is 9.47 Å². The fraction of sp³-hybridized carbons (Fsp3) is 0.417. The summed E-state index contributed by atoms with van der Waals surface area (Å²) in [5.74, 6) is 1.26. The molecule has 0 heterocycles. The van der Waals surface area contributed by atoms with Crippen LogP contribution < -0.4 is 9.47 Å². The molecule has 170 valence electrons. The Labute approximate surface area is 186 Å². The highest BCUT2D eigenvalue weighted by molar-refractivity contribution is 7.89. The molecule has 1 N–H and O–H groups in total. The molecule has 1 unspecified atom stereocenters. The highest BCUT2D eigenvalue weighted by Crippen LogP contribution is 2.27. The van der Waals surface area contributed by atoms with E-state index < -0.39 is 15.3 Å². The van der Waals surface area contributed by atoms with Crippen LogP contribution in [0.3, 0.4) is 0 Å². The summed E-state index contributed by atoms with van der Waals surface area (Å²) in [6.07, 6.45) is 2.46. The summed E-state index contributed by atoms with van der Waals surface area (Å²) in [7, 11) is -0.525. The number of sulfonamides is 1. The Balaban J connectivity index is 2.39. The van der Waals surface area contributed by atoms with E-state index in [2.05, 4.69) is 6.58 Å². The molecule has 0 amide bonds. The monoisotopic (exact) mass is 447 g/mol. The quantitative estimate of drug-likeness (QED) is 0.470. The number of aliphatic hydroxyl groups excluding tert-OH is 1. The van der Waals surface area contributed by atoms with Crippen LogP contribution in [-0.4, -0.2) is 43.9 Å². The number of ether oxygens (including phenoxy) is 2. The van der Waals surface area contributed by atoms with Crippen LogP contribution in [0.5, 0.6) is 11.5 Å². The van der Waals surface area contributed by atoms with E-state index in [0.29, 0.717) is 17.9 Å². The molecule has 0 aromatic heterocycles. The zero-order valence-electron chi connectivity index (χ0n) is 18.5. The second-order valence-electron chi connectivity index (χ2n) is 7.56. The normalized spacial score (nSPS) is 13.6. The first-order chi connectivity index (χ1) is 14.8. The van der Waals surface area contributed by atoms with Crippen LogP contribution in [0.4, 0.5) is 0 Å². The zero-order chi connectivity index (χ0) is 22.9. The van der Waals surface area contributed by atoms with Crippen LogP contribution in [0.25, 0.3) is 0 Å². The van der Waals surface area contributed by atoms with Gasteiger partial charge in [-0.1, -0.05) is 37.3 Å². The molecular weight excluding hydrogens is 414 g/mol. The van der Waals surface area contributed by atoms with Crippen molar-refractivity contribution in [1.82, 2.24) is 4.31 Å². The molecule has 6 nitrogen and oxygen atoms in total. The highest BCUT2D eigenvalue weighted by Gasteiger charge is 2.35. The predicted octanol–water partition coefficient (Wildman–Crippen LogP) is 4.00. The summed E-state index contributed by atoms with van der Waals surface area (Å²) in [6, 6.07) is 14.7. The van der Waals surface area contributed by atoms with Gasteiger partial charge < -0.3 is 14.6 Å². The van der Waals surface area contributed by atoms with E-state index in [1.807, 2.05) is 55.5 Å². The molecule has 0 saturated carbocycles. The highest BCUT2D eigenvalue weighted by atomic mass is 32.2. The third-order valence-corrected chi connectivity index (χ3v) is 7.81. The lowest BCUT2D eigenvalue weighted by molar-refractivity contribution is 0.269. The first kappa shape index (κ1) is 24.9. The third-order valence-electron chi connectivity index (χ3n) is 5.37. The Bertz CT molecular complexity index is 860. The maximum atomic E-state index is 13.7. The van der Waals surface area contributed by atoms with E-state index in [1.54, 1.807) is 20.3 Å². The van der Waals surface area contributed by atoms with E-state index in [-0.39, 0.29) is 32.0 Å². The van der Waals surface area contributed by atoms with Gasteiger partial charge in [0.25, 0.3) is 0 Å². The third kappa shape index (κ3) is 6.82. The van der Waals surface area contributed by atoms with Crippen molar-refractivity contribution in [3.8, 4) is 11.5 Å². The molecule has 2 aromatic carbocycles. The van der Waals surface area contributed by atoms with Gasteiger partial charge >= 0.3 is 0 Å². The summed E-state index contributed by atoms with van der Waals surface area (Å²) in [5.41, 5.74) is 1.72. The van der Waals surface area contributed by atoms with Gasteiger partial charge in [-0.2, -0.15) is 4.31 Å². The van der Waals surface area contributed by atoms with Crippen LogP contribution in [0.15, 0.2) is 61.2 Å². The number of aliphatic hydroxyl groups is 1. The topological polar surface area (TPSA) is 76.1 Å². The van der Waals surface area contributed by atoms with Gasteiger partial charge in [0.1, 0.15) is 11.5 Å². The van der Waals surface area contributed by atoms with E-state index >= 15 is 0 Å². The Hall–Kier alpha value is -2.35. The van der Waals surface area contributed by atoms with Crippen LogP contribution >= 0.6 is 0 Å².